The van der Waals surface area contributed by atoms with Crippen molar-refractivity contribution in [1.29, 1.82) is 0 Å². The number of carbonyl (C=O) groups excluding carboxylic acids is 2. The molecule has 22 heavy (non-hydrogen) atoms. The van der Waals surface area contributed by atoms with E-state index >= 15 is 0 Å². The van der Waals surface area contributed by atoms with Gasteiger partial charge in [0.05, 0.1) is 6.54 Å². The zero-order valence-electron chi connectivity index (χ0n) is 12.5. The van der Waals surface area contributed by atoms with Gasteiger partial charge in [-0.3, -0.25) is 9.59 Å². The van der Waals surface area contributed by atoms with Crippen molar-refractivity contribution < 1.29 is 14.0 Å². The smallest absolute Gasteiger partial charge is 0.254 e. The quantitative estimate of drug-likeness (QED) is 0.887. The fraction of sp³-hybridized carbons (Fsp3) is 0.375. The highest BCUT2D eigenvalue weighted by Crippen LogP contribution is 2.26. The van der Waals surface area contributed by atoms with Crippen molar-refractivity contribution in [2.75, 3.05) is 6.54 Å². The number of aryl methyl sites for hydroxylation is 2. The van der Waals surface area contributed by atoms with Crippen molar-refractivity contribution in [3.8, 4) is 0 Å². The number of alkyl halides is 1. The van der Waals surface area contributed by atoms with E-state index < -0.39 is 18.1 Å². The molecular weight excluding hydrogens is 285 g/mol. The second kappa shape index (κ2) is 5.12. The van der Waals surface area contributed by atoms with Crippen LogP contribution < -0.4 is 5.73 Å². The summed E-state index contributed by atoms with van der Waals surface area (Å²) in [6.07, 6.45) is -1.23. The molecule has 1 aliphatic rings. The molecule has 2 amide bonds. The molecule has 0 radical (unpaired) electrons. The van der Waals surface area contributed by atoms with Crippen molar-refractivity contribution in [3.05, 3.63) is 35.0 Å². The molecule has 0 aliphatic carbocycles. The van der Waals surface area contributed by atoms with Gasteiger partial charge >= 0.3 is 0 Å². The Morgan fingerprint density at radius 2 is 2.09 bits per heavy atom. The zero-order chi connectivity index (χ0) is 16.0. The van der Waals surface area contributed by atoms with E-state index in [9.17, 15) is 14.0 Å². The van der Waals surface area contributed by atoms with Crippen LogP contribution in [-0.2, 0) is 4.79 Å². The number of halogens is 1. The van der Waals surface area contributed by atoms with Crippen LogP contribution in [0.15, 0.2) is 18.2 Å². The topological polar surface area (TPSA) is 79.2 Å². The van der Waals surface area contributed by atoms with Crippen molar-refractivity contribution >= 4 is 22.7 Å². The number of carbonyl (C=O) groups is 2. The molecule has 1 aliphatic heterocycles. The largest absolute Gasteiger partial charge is 0.368 e. The van der Waals surface area contributed by atoms with Crippen molar-refractivity contribution in [3.63, 3.8) is 0 Å². The summed E-state index contributed by atoms with van der Waals surface area (Å²) in [6, 6.07) is 4.42. The molecule has 0 saturated carbocycles. The number of aromatic amines is 1. The second-order valence-electron chi connectivity index (χ2n) is 5.84. The van der Waals surface area contributed by atoms with Gasteiger partial charge in [-0.2, -0.15) is 0 Å². The van der Waals surface area contributed by atoms with E-state index in [1.807, 2.05) is 19.9 Å². The maximum Gasteiger partial charge on any atom is 0.254 e. The van der Waals surface area contributed by atoms with Crippen LogP contribution in [0, 0.1) is 13.8 Å². The van der Waals surface area contributed by atoms with Crippen LogP contribution in [-0.4, -0.2) is 40.5 Å². The number of nitrogens with one attached hydrogen (secondary N) is 1. The fourth-order valence-corrected chi connectivity index (χ4v) is 3.04. The summed E-state index contributed by atoms with van der Waals surface area (Å²) in [5, 5.41) is 0.954. The van der Waals surface area contributed by atoms with Gasteiger partial charge in [-0.1, -0.05) is 0 Å². The number of nitrogens with two attached hydrogens (primary N) is 1. The van der Waals surface area contributed by atoms with Crippen molar-refractivity contribution in [2.24, 2.45) is 5.73 Å². The molecule has 0 bridgehead atoms. The highest BCUT2D eigenvalue weighted by Gasteiger charge is 2.39. The summed E-state index contributed by atoms with van der Waals surface area (Å²) in [5.74, 6) is -1.02. The van der Waals surface area contributed by atoms with Crippen LogP contribution >= 0.6 is 0 Å². The third-order valence-electron chi connectivity index (χ3n) is 4.39. The lowest BCUT2D eigenvalue weighted by Crippen LogP contribution is -2.43. The summed E-state index contributed by atoms with van der Waals surface area (Å²) < 4.78 is 13.6. The van der Waals surface area contributed by atoms with E-state index in [0.29, 0.717) is 5.56 Å². The Labute approximate surface area is 127 Å². The van der Waals surface area contributed by atoms with Gasteiger partial charge < -0.3 is 15.6 Å². The Bertz CT molecular complexity index is 768. The third-order valence-corrected chi connectivity index (χ3v) is 4.39. The van der Waals surface area contributed by atoms with Crippen LogP contribution in [0.2, 0.25) is 0 Å². The molecule has 1 fully saturated rings. The van der Waals surface area contributed by atoms with Crippen molar-refractivity contribution in [2.45, 2.75) is 32.5 Å². The predicted molar refractivity (Wildman–Crippen MR) is 81.3 cm³/mol. The number of likely N-dealkylation sites (tertiary alicyclic amines) is 1. The lowest BCUT2D eigenvalue weighted by atomic mass is 10.1. The lowest BCUT2D eigenvalue weighted by Gasteiger charge is -2.21. The average molecular weight is 303 g/mol. The van der Waals surface area contributed by atoms with Gasteiger partial charge in [-0.05, 0) is 37.6 Å². The first-order valence-electron chi connectivity index (χ1n) is 7.21. The van der Waals surface area contributed by atoms with E-state index in [-0.39, 0.29) is 18.9 Å². The zero-order valence-corrected chi connectivity index (χ0v) is 12.5. The van der Waals surface area contributed by atoms with Gasteiger partial charge in [0.1, 0.15) is 12.2 Å². The molecule has 2 aromatic rings. The van der Waals surface area contributed by atoms with E-state index in [1.54, 1.807) is 12.1 Å². The highest BCUT2D eigenvalue weighted by molar-refractivity contribution is 6.01. The number of primary amides is 1. The SMILES string of the molecule is Cc1[nH]c2ccc(C(=O)N3C[C@H](F)C[C@H]3C(N)=O)cc2c1C. The molecule has 5 nitrogen and oxygen atoms in total. The summed E-state index contributed by atoms with van der Waals surface area (Å²) in [7, 11) is 0. The molecule has 0 unspecified atom stereocenters. The molecule has 3 N–H and O–H groups in total. The van der Waals surface area contributed by atoms with Crippen LogP contribution in [0.4, 0.5) is 4.39 Å². The first-order chi connectivity index (χ1) is 10.4. The molecule has 2 atom stereocenters. The number of H-pyrrole nitrogens is 1. The standard InChI is InChI=1S/C16H18FN3O2/c1-8-9(2)19-13-4-3-10(5-12(8)13)16(22)20-7-11(17)6-14(20)15(18)21/h3-5,11,14,19H,6-7H2,1-2H3,(H2,18,21)/t11-,14+/m1/s1. The van der Waals surface area contributed by atoms with Gasteiger partial charge in [-0.15, -0.1) is 0 Å². The van der Waals surface area contributed by atoms with Crippen LogP contribution in [0.5, 0.6) is 0 Å². The minimum absolute atomic E-state index is 0.0222. The molecule has 1 aromatic carbocycles. The average Bonchev–Trinajstić information content (AvgIpc) is 3.00. The third kappa shape index (κ3) is 2.24. The van der Waals surface area contributed by atoms with Crippen LogP contribution in [0.1, 0.15) is 28.0 Å². The summed E-state index contributed by atoms with van der Waals surface area (Å²) in [5.41, 5.74) is 8.78. The number of hydrogen-bond acceptors (Lipinski definition) is 2. The van der Waals surface area contributed by atoms with Crippen LogP contribution in [0.3, 0.4) is 0 Å². The van der Waals surface area contributed by atoms with Gasteiger partial charge in [0.2, 0.25) is 5.91 Å². The first-order valence-corrected chi connectivity index (χ1v) is 7.21. The number of rotatable bonds is 2. The number of aromatic nitrogens is 1. The van der Waals surface area contributed by atoms with Gasteiger partial charge in [0.15, 0.2) is 0 Å². The fourth-order valence-electron chi connectivity index (χ4n) is 3.04. The molecule has 1 saturated heterocycles. The molecule has 0 spiro atoms. The molecule has 116 valence electrons. The maximum atomic E-state index is 13.6. The Hall–Kier alpha value is -2.37. The molecule has 3 rings (SSSR count). The Kier molecular flexibility index (Phi) is 3.39. The summed E-state index contributed by atoms with van der Waals surface area (Å²) in [6.45, 7) is 3.85. The molecule has 6 heteroatoms. The van der Waals surface area contributed by atoms with E-state index in [4.69, 9.17) is 5.73 Å². The van der Waals surface area contributed by atoms with Gasteiger partial charge in [0.25, 0.3) is 5.91 Å². The van der Waals surface area contributed by atoms with E-state index in [1.165, 1.54) is 4.90 Å². The minimum Gasteiger partial charge on any atom is -0.368 e. The lowest BCUT2D eigenvalue weighted by molar-refractivity contribution is -0.121. The molecule has 2 heterocycles. The van der Waals surface area contributed by atoms with Crippen molar-refractivity contribution in [1.82, 2.24) is 9.88 Å². The number of benzene rings is 1. The van der Waals surface area contributed by atoms with Crippen LogP contribution in [0.25, 0.3) is 10.9 Å². The highest BCUT2D eigenvalue weighted by atomic mass is 19.1. The number of nitrogens with zero attached hydrogens (tertiary/aromatic N) is 1. The normalized spacial score (nSPS) is 21.5. The van der Waals surface area contributed by atoms with Gasteiger partial charge in [0, 0.05) is 28.6 Å². The van der Waals surface area contributed by atoms with E-state index in [0.717, 1.165) is 22.2 Å². The Morgan fingerprint density at radius 3 is 2.77 bits per heavy atom. The first kappa shape index (κ1) is 14.6. The number of amides is 2. The summed E-state index contributed by atoms with van der Waals surface area (Å²) in [4.78, 5) is 28.5. The minimum atomic E-state index is -1.21. The maximum absolute atomic E-state index is 13.6. The molecular formula is C16H18FN3O2. The molecule has 1 aromatic heterocycles. The second-order valence-corrected chi connectivity index (χ2v) is 5.84. The summed E-state index contributed by atoms with van der Waals surface area (Å²) >= 11 is 0. The Balaban J connectivity index is 1.98. The predicted octanol–water partition coefficient (Wildman–Crippen LogP) is 1.82. The van der Waals surface area contributed by atoms with E-state index in [2.05, 4.69) is 4.98 Å². The van der Waals surface area contributed by atoms with Gasteiger partial charge in [-0.25, -0.2) is 4.39 Å². The number of hydrogen-bond donors (Lipinski definition) is 2. The monoisotopic (exact) mass is 303 g/mol. The number of fused-ring (bicyclic) bond motifs is 1. The Morgan fingerprint density at radius 1 is 1.36 bits per heavy atom.